The average Bonchev–Trinajstić information content (AvgIpc) is 3.23. The van der Waals surface area contributed by atoms with Crippen LogP contribution in [0, 0.1) is 0 Å². The van der Waals surface area contributed by atoms with Crippen LogP contribution in [0.1, 0.15) is 25.0 Å². The van der Waals surface area contributed by atoms with E-state index < -0.39 is 0 Å². The Kier molecular flexibility index (Phi) is 6.21. The summed E-state index contributed by atoms with van der Waals surface area (Å²) in [5, 5.41) is 3.31. The second-order valence-electron chi connectivity index (χ2n) is 6.93. The molecule has 2 aromatic rings. The Balaban J connectivity index is 1.38. The summed E-state index contributed by atoms with van der Waals surface area (Å²) in [7, 11) is 0. The van der Waals surface area contributed by atoms with Gasteiger partial charge in [-0.1, -0.05) is 0 Å². The van der Waals surface area contributed by atoms with Crippen molar-refractivity contribution in [2.75, 3.05) is 43.1 Å². The summed E-state index contributed by atoms with van der Waals surface area (Å²) in [6.07, 6.45) is 6.41. The van der Waals surface area contributed by atoms with Crippen LogP contribution in [-0.4, -0.2) is 49.0 Å². The third-order valence-corrected chi connectivity index (χ3v) is 5.71. The fraction of sp³-hybridized carbons (Fsp3) is 0.500. The molecule has 2 saturated heterocycles. The minimum absolute atomic E-state index is 0.371. The molecule has 2 aliphatic rings. The zero-order valence-electron chi connectivity index (χ0n) is 15.4. The first-order valence-electron chi connectivity index (χ1n) is 9.61. The van der Waals surface area contributed by atoms with Crippen molar-refractivity contribution >= 4 is 33.3 Å². The lowest BCUT2D eigenvalue weighted by molar-refractivity contribution is 0.104. The molecule has 0 saturated carbocycles. The molecule has 144 valence electrons. The van der Waals surface area contributed by atoms with Gasteiger partial charge in [-0.3, -0.25) is 0 Å². The molecule has 4 rings (SSSR count). The van der Waals surface area contributed by atoms with Crippen LogP contribution in [0.2, 0.25) is 0 Å². The fourth-order valence-corrected chi connectivity index (χ4v) is 3.90. The lowest BCUT2D eigenvalue weighted by atomic mass is 10.1. The normalized spacial score (nSPS) is 20.0. The maximum absolute atomic E-state index is 5.72. The molecular formula is C20H25BrN4O2. The van der Waals surface area contributed by atoms with E-state index in [9.17, 15) is 0 Å². The van der Waals surface area contributed by atoms with Crippen LogP contribution in [0.4, 0.5) is 17.3 Å². The monoisotopic (exact) mass is 432 g/mol. The molecule has 2 aliphatic heterocycles. The summed E-state index contributed by atoms with van der Waals surface area (Å²) < 4.78 is 12.1. The summed E-state index contributed by atoms with van der Waals surface area (Å²) in [6.45, 7) is 4.36. The predicted molar refractivity (Wildman–Crippen MR) is 110 cm³/mol. The van der Waals surface area contributed by atoms with Crippen molar-refractivity contribution in [1.29, 1.82) is 0 Å². The molecule has 1 aromatic carbocycles. The highest BCUT2D eigenvalue weighted by molar-refractivity contribution is 9.10. The predicted octanol–water partition coefficient (Wildman–Crippen LogP) is 3.93. The van der Waals surface area contributed by atoms with Gasteiger partial charge in [-0.05, 0) is 65.9 Å². The van der Waals surface area contributed by atoms with E-state index in [0.717, 1.165) is 68.0 Å². The first kappa shape index (κ1) is 18.7. The quantitative estimate of drug-likeness (QED) is 0.745. The molecule has 3 heterocycles. The summed E-state index contributed by atoms with van der Waals surface area (Å²) in [5.74, 6) is 0.625. The number of morpholine rings is 1. The zero-order chi connectivity index (χ0) is 18.5. The maximum atomic E-state index is 5.72. The smallest absolute Gasteiger partial charge is 0.227 e. The Morgan fingerprint density at radius 1 is 1.15 bits per heavy atom. The van der Waals surface area contributed by atoms with E-state index in [-0.39, 0.29) is 0 Å². The van der Waals surface area contributed by atoms with Gasteiger partial charge in [-0.25, -0.2) is 9.97 Å². The Morgan fingerprint density at radius 2 is 1.96 bits per heavy atom. The molecule has 1 N–H and O–H groups in total. The number of rotatable bonds is 6. The van der Waals surface area contributed by atoms with Crippen LogP contribution in [0.25, 0.3) is 0 Å². The zero-order valence-corrected chi connectivity index (χ0v) is 17.0. The summed E-state index contributed by atoms with van der Waals surface area (Å²) >= 11 is 3.57. The molecule has 2 fully saturated rings. The highest BCUT2D eigenvalue weighted by Gasteiger charge is 2.17. The molecule has 0 bridgehead atoms. The number of hydrogen-bond donors (Lipinski definition) is 1. The van der Waals surface area contributed by atoms with Gasteiger partial charge in [-0.2, -0.15) is 0 Å². The second kappa shape index (κ2) is 8.99. The first-order chi connectivity index (χ1) is 13.3. The Morgan fingerprint density at radius 3 is 2.70 bits per heavy atom. The summed E-state index contributed by atoms with van der Waals surface area (Å²) in [4.78, 5) is 11.4. The lowest BCUT2D eigenvalue weighted by Crippen LogP contribution is -2.36. The van der Waals surface area contributed by atoms with Crippen molar-refractivity contribution in [3.63, 3.8) is 0 Å². The lowest BCUT2D eigenvalue weighted by Gasteiger charge is -2.28. The molecular weight excluding hydrogens is 408 g/mol. The van der Waals surface area contributed by atoms with Crippen molar-refractivity contribution in [2.45, 2.75) is 31.8 Å². The third-order valence-electron chi connectivity index (χ3n) is 5.04. The van der Waals surface area contributed by atoms with Gasteiger partial charge in [0.1, 0.15) is 0 Å². The Bertz CT molecular complexity index is 744. The van der Waals surface area contributed by atoms with Crippen molar-refractivity contribution in [3.05, 3.63) is 40.6 Å². The molecule has 27 heavy (non-hydrogen) atoms. The number of aromatic nitrogens is 2. The molecule has 0 spiro atoms. The minimum Gasteiger partial charge on any atom is -0.378 e. The van der Waals surface area contributed by atoms with Gasteiger partial charge in [0, 0.05) is 37.3 Å². The second-order valence-corrected chi connectivity index (χ2v) is 7.79. The van der Waals surface area contributed by atoms with Crippen molar-refractivity contribution < 1.29 is 9.47 Å². The first-order valence-corrected chi connectivity index (χ1v) is 10.4. The highest BCUT2D eigenvalue weighted by atomic mass is 79.9. The number of hydrogen-bond acceptors (Lipinski definition) is 6. The molecule has 7 heteroatoms. The standard InChI is InChI=1S/C20H25BrN4O2/c21-18-14-22-20(24-19(18)8-7-17-2-1-11-27-17)23-15-3-5-16(6-4-15)25-9-12-26-13-10-25/h3-6,14,17H,1-2,7-13H2,(H,22,23,24). The number of anilines is 3. The van der Waals surface area contributed by atoms with Gasteiger partial charge in [0.15, 0.2) is 0 Å². The van der Waals surface area contributed by atoms with E-state index in [0.29, 0.717) is 12.1 Å². The molecule has 0 aliphatic carbocycles. The van der Waals surface area contributed by atoms with E-state index in [2.05, 4.69) is 60.4 Å². The van der Waals surface area contributed by atoms with E-state index in [1.807, 2.05) is 6.20 Å². The number of nitrogens with zero attached hydrogens (tertiary/aromatic N) is 3. The van der Waals surface area contributed by atoms with E-state index in [1.165, 1.54) is 12.1 Å². The van der Waals surface area contributed by atoms with Gasteiger partial charge in [0.2, 0.25) is 5.95 Å². The number of benzene rings is 1. The molecule has 0 amide bonds. The van der Waals surface area contributed by atoms with Gasteiger partial charge in [-0.15, -0.1) is 0 Å². The largest absolute Gasteiger partial charge is 0.378 e. The Labute approximate surface area is 168 Å². The van der Waals surface area contributed by atoms with Crippen molar-refractivity contribution in [3.8, 4) is 0 Å². The average molecular weight is 433 g/mol. The minimum atomic E-state index is 0.371. The van der Waals surface area contributed by atoms with Crippen LogP contribution in [0.15, 0.2) is 34.9 Å². The molecule has 1 aromatic heterocycles. The number of ether oxygens (including phenoxy) is 2. The number of nitrogens with one attached hydrogen (secondary N) is 1. The van der Waals surface area contributed by atoms with Crippen LogP contribution in [0.3, 0.4) is 0 Å². The molecule has 1 atom stereocenters. The van der Waals surface area contributed by atoms with Gasteiger partial charge in [0.05, 0.1) is 29.5 Å². The van der Waals surface area contributed by atoms with Crippen LogP contribution >= 0.6 is 15.9 Å². The van der Waals surface area contributed by atoms with Crippen LogP contribution < -0.4 is 10.2 Å². The van der Waals surface area contributed by atoms with Gasteiger partial charge >= 0.3 is 0 Å². The van der Waals surface area contributed by atoms with Crippen molar-refractivity contribution in [2.24, 2.45) is 0 Å². The highest BCUT2D eigenvalue weighted by Crippen LogP contribution is 2.24. The summed E-state index contributed by atoms with van der Waals surface area (Å²) in [6, 6.07) is 8.40. The third kappa shape index (κ3) is 4.97. The Hall–Kier alpha value is -1.70. The van der Waals surface area contributed by atoms with Gasteiger partial charge in [0.25, 0.3) is 0 Å². The topological polar surface area (TPSA) is 59.5 Å². The van der Waals surface area contributed by atoms with E-state index >= 15 is 0 Å². The van der Waals surface area contributed by atoms with Crippen LogP contribution in [-0.2, 0) is 15.9 Å². The van der Waals surface area contributed by atoms with E-state index in [1.54, 1.807) is 0 Å². The van der Waals surface area contributed by atoms with Gasteiger partial charge < -0.3 is 19.7 Å². The van der Waals surface area contributed by atoms with E-state index in [4.69, 9.17) is 9.47 Å². The number of halogens is 1. The molecule has 0 radical (unpaired) electrons. The molecule has 6 nitrogen and oxygen atoms in total. The van der Waals surface area contributed by atoms with Crippen LogP contribution in [0.5, 0.6) is 0 Å². The maximum Gasteiger partial charge on any atom is 0.227 e. The van der Waals surface area contributed by atoms with Crippen molar-refractivity contribution in [1.82, 2.24) is 9.97 Å². The SMILES string of the molecule is Brc1cnc(Nc2ccc(N3CCOCC3)cc2)nc1CCC1CCCO1. The number of aryl methyl sites for hydroxylation is 1. The summed E-state index contributed by atoms with van der Waals surface area (Å²) in [5.41, 5.74) is 3.23. The molecule has 1 unspecified atom stereocenters. The fourth-order valence-electron chi connectivity index (χ4n) is 3.51.